The topological polar surface area (TPSA) is 76.8 Å². The zero-order chi connectivity index (χ0) is 9.68. The second-order valence-electron chi connectivity index (χ2n) is 2.56. The molecule has 0 aromatic heterocycles. The Bertz CT molecular complexity index is 327. The molecule has 0 unspecified atom stereocenters. The maximum Gasteiger partial charge on any atom is 0.113 e. The Hall–Kier alpha value is -1.84. The lowest BCUT2D eigenvalue weighted by Gasteiger charge is -2.02. The summed E-state index contributed by atoms with van der Waals surface area (Å²) < 4.78 is 0. The van der Waals surface area contributed by atoms with E-state index in [2.05, 4.69) is 10.2 Å². The van der Waals surface area contributed by atoms with E-state index in [0.717, 1.165) is 5.56 Å². The molecule has 1 aromatic carbocycles. The highest BCUT2D eigenvalue weighted by atomic mass is 15.2. The molecule has 0 heterocycles. The molecule has 0 bridgehead atoms. The third kappa shape index (κ3) is 2.05. The molecule has 4 nitrogen and oxygen atoms in total. The molecule has 13 heavy (non-hydrogen) atoms. The SMILES string of the molecule is CC(=NN)C(=NN)c1ccccc1. The fourth-order valence-corrected chi connectivity index (χ4v) is 1.03. The van der Waals surface area contributed by atoms with Gasteiger partial charge in [0, 0.05) is 5.56 Å². The summed E-state index contributed by atoms with van der Waals surface area (Å²) in [5.74, 6) is 10.4. The van der Waals surface area contributed by atoms with Gasteiger partial charge in [-0.05, 0) is 6.92 Å². The smallest absolute Gasteiger partial charge is 0.113 e. The van der Waals surface area contributed by atoms with E-state index >= 15 is 0 Å². The highest BCUT2D eigenvalue weighted by Crippen LogP contribution is 2.01. The number of hydrogen-bond donors (Lipinski definition) is 2. The normalized spacial score (nSPS) is 13.0. The van der Waals surface area contributed by atoms with Crippen molar-refractivity contribution in [2.45, 2.75) is 6.92 Å². The van der Waals surface area contributed by atoms with Gasteiger partial charge in [-0.25, -0.2) is 0 Å². The minimum atomic E-state index is 0.614. The molecule has 1 rings (SSSR count). The first-order valence-electron chi connectivity index (χ1n) is 3.87. The average Bonchev–Trinajstić information content (AvgIpc) is 2.20. The van der Waals surface area contributed by atoms with Crippen LogP contribution in [0.5, 0.6) is 0 Å². The monoisotopic (exact) mass is 176 g/mol. The van der Waals surface area contributed by atoms with Gasteiger partial charge in [0.05, 0.1) is 5.71 Å². The Kier molecular flexibility index (Phi) is 3.03. The third-order valence-electron chi connectivity index (χ3n) is 1.71. The molecule has 4 N–H and O–H groups in total. The predicted octanol–water partition coefficient (Wildman–Crippen LogP) is 0.684. The summed E-state index contributed by atoms with van der Waals surface area (Å²) >= 11 is 0. The zero-order valence-electron chi connectivity index (χ0n) is 7.44. The van der Waals surface area contributed by atoms with Gasteiger partial charge in [0.25, 0.3) is 0 Å². The van der Waals surface area contributed by atoms with Gasteiger partial charge in [0.1, 0.15) is 5.71 Å². The van der Waals surface area contributed by atoms with Crippen LogP contribution in [-0.2, 0) is 0 Å². The van der Waals surface area contributed by atoms with Crippen molar-refractivity contribution in [3.63, 3.8) is 0 Å². The van der Waals surface area contributed by atoms with Crippen molar-refractivity contribution in [3.05, 3.63) is 35.9 Å². The van der Waals surface area contributed by atoms with Crippen molar-refractivity contribution in [1.82, 2.24) is 0 Å². The summed E-state index contributed by atoms with van der Waals surface area (Å²) in [5, 5.41) is 7.18. The van der Waals surface area contributed by atoms with Crippen LogP contribution in [0, 0.1) is 0 Å². The highest BCUT2D eigenvalue weighted by molar-refractivity contribution is 6.47. The van der Waals surface area contributed by atoms with Crippen LogP contribution in [0.3, 0.4) is 0 Å². The van der Waals surface area contributed by atoms with E-state index in [4.69, 9.17) is 11.7 Å². The van der Waals surface area contributed by atoms with Crippen molar-refractivity contribution in [2.24, 2.45) is 21.9 Å². The van der Waals surface area contributed by atoms with Gasteiger partial charge in [0.2, 0.25) is 0 Å². The van der Waals surface area contributed by atoms with Crippen molar-refractivity contribution < 1.29 is 0 Å². The first kappa shape index (κ1) is 9.25. The number of benzene rings is 1. The lowest BCUT2D eigenvalue weighted by molar-refractivity contribution is 1.22. The molecule has 0 spiro atoms. The van der Waals surface area contributed by atoms with Gasteiger partial charge in [-0.2, -0.15) is 10.2 Å². The predicted molar refractivity (Wildman–Crippen MR) is 54.5 cm³/mol. The summed E-state index contributed by atoms with van der Waals surface area (Å²) in [6.07, 6.45) is 0. The zero-order valence-corrected chi connectivity index (χ0v) is 7.44. The molecule has 0 atom stereocenters. The van der Waals surface area contributed by atoms with Crippen LogP contribution in [-0.4, -0.2) is 11.4 Å². The second-order valence-corrected chi connectivity index (χ2v) is 2.56. The Balaban J connectivity index is 3.07. The fourth-order valence-electron chi connectivity index (χ4n) is 1.03. The van der Waals surface area contributed by atoms with Gasteiger partial charge >= 0.3 is 0 Å². The van der Waals surface area contributed by atoms with Crippen LogP contribution in [0.25, 0.3) is 0 Å². The maximum absolute atomic E-state index is 5.23. The third-order valence-corrected chi connectivity index (χ3v) is 1.71. The number of hydrazone groups is 2. The van der Waals surface area contributed by atoms with E-state index in [1.54, 1.807) is 6.92 Å². The molecule has 1 aromatic rings. The molecule has 0 aliphatic rings. The number of hydrogen-bond acceptors (Lipinski definition) is 4. The van der Waals surface area contributed by atoms with E-state index < -0.39 is 0 Å². The van der Waals surface area contributed by atoms with E-state index in [-0.39, 0.29) is 0 Å². The Morgan fingerprint density at radius 3 is 2.15 bits per heavy atom. The molecular formula is C9H12N4. The van der Waals surface area contributed by atoms with Gasteiger partial charge in [-0.1, -0.05) is 30.3 Å². The summed E-state index contributed by atoms with van der Waals surface area (Å²) in [7, 11) is 0. The number of nitrogens with two attached hydrogens (primary N) is 2. The minimum absolute atomic E-state index is 0.614. The first-order chi connectivity index (χ1) is 6.29. The fraction of sp³-hybridized carbons (Fsp3) is 0.111. The van der Waals surface area contributed by atoms with Crippen LogP contribution in [0.2, 0.25) is 0 Å². The van der Waals surface area contributed by atoms with Crippen LogP contribution in [0.1, 0.15) is 12.5 Å². The van der Waals surface area contributed by atoms with Gasteiger partial charge < -0.3 is 11.7 Å². The lowest BCUT2D eigenvalue weighted by Crippen LogP contribution is -2.15. The molecule has 0 amide bonds. The van der Waals surface area contributed by atoms with Crippen LogP contribution >= 0.6 is 0 Å². The van der Waals surface area contributed by atoms with E-state index in [1.165, 1.54) is 0 Å². The molecular weight excluding hydrogens is 164 g/mol. The summed E-state index contributed by atoms with van der Waals surface area (Å²) in [6, 6.07) is 9.54. The van der Waals surface area contributed by atoms with Crippen molar-refractivity contribution in [1.29, 1.82) is 0 Å². The lowest BCUT2D eigenvalue weighted by atomic mass is 10.1. The van der Waals surface area contributed by atoms with Crippen LogP contribution in [0.15, 0.2) is 40.5 Å². The van der Waals surface area contributed by atoms with Gasteiger partial charge in [0.15, 0.2) is 0 Å². The van der Waals surface area contributed by atoms with Gasteiger partial charge in [-0.3, -0.25) is 0 Å². The molecule has 4 heteroatoms. The molecule has 0 aliphatic heterocycles. The second kappa shape index (κ2) is 4.25. The Morgan fingerprint density at radius 2 is 1.69 bits per heavy atom. The molecule has 0 aliphatic carbocycles. The van der Waals surface area contributed by atoms with E-state index in [9.17, 15) is 0 Å². The van der Waals surface area contributed by atoms with Crippen molar-refractivity contribution in [3.8, 4) is 0 Å². The van der Waals surface area contributed by atoms with Crippen molar-refractivity contribution in [2.75, 3.05) is 0 Å². The Labute approximate surface area is 76.9 Å². The standard InChI is InChI=1S/C9H12N4/c1-7(12-10)9(13-11)8-5-3-2-4-6-8/h2-6H,10-11H2,1H3. The van der Waals surface area contributed by atoms with E-state index in [0.29, 0.717) is 11.4 Å². The largest absolute Gasteiger partial charge is 0.323 e. The van der Waals surface area contributed by atoms with Crippen LogP contribution < -0.4 is 11.7 Å². The maximum atomic E-state index is 5.23. The van der Waals surface area contributed by atoms with E-state index in [1.807, 2.05) is 30.3 Å². The average molecular weight is 176 g/mol. The number of rotatable bonds is 2. The minimum Gasteiger partial charge on any atom is -0.323 e. The van der Waals surface area contributed by atoms with Crippen molar-refractivity contribution >= 4 is 11.4 Å². The first-order valence-corrected chi connectivity index (χ1v) is 3.87. The molecule has 0 saturated heterocycles. The van der Waals surface area contributed by atoms with Crippen LogP contribution in [0.4, 0.5) is 0 Å². The molecule has 68 valence electrons. The number of nitrogens with zero attached hydrogens (tertiary/aromatic N) is 2. The Morgan fingerprint density at radius 1 is 1.08 bits per heavy atom. The molecule has 0 saturated carbocycles. The summed E-state index contributed by atoms with van der Waals surface area (Å²) in [6.45, 7) is 1.76. The summed E-state index contributed by atoms with van der Waals surface area (Å²) in [5.41, 5.74) is 2.15. The molecule has 0 fully saturated rings. The van der Waals surface area contributed by atoms with Gasteiger partial charge in [-0.15, -0.1) is 0 Å². The summed E-state index contributed by atoms with van der Waals surface area (Å²) in [4.78, 5) is 0. The quantitative estimate of drug-likeness (QED) is 0.395. The highest BCUT2D eigenvalue weighted by Gasteiger charge is 2.05. The molecule has 0 radical (unpaired) electrons.